The molecular weight excluding hydrogens is 619 g/mol. The summed E-state index contributed by atoms with van der Waals surface area (Å²) in [5.74, 6) is 0. The predicted octanol–water partition coefficient (Wildman–Crippen LogP) is 12.9. The highest BCUT2D eigenvalue weighted by molar-refractivity contribution is 6.06. The Morgan fingerprint density at radius 1 is 0.412 bits per heavy atom. The Bertz CT molecular complexity index is 3420. The third-order valence-corrected chi connectivity index (χ3v) is 8.36. The van der Waals surface area contributed by atoms with Crippen LogP contribution in [-0.4, -0.2) is 9.97 Å². The van der Waals surface area contributed by atoms with Gasteiger partial charge in [-0.05, 0) is 76.1 Å². The zero-order chi connectivity index (χ0) is 47.0. The minimum Gasteiger partial charge on any atom is -0.310 e. The molecule has 0 aliphatic heterocycles. The molecule has 0 atom stereocenters. The molecule has 0 saturated heterocycles. The average Bonchev–Trinajstić information content (AvgIpc) is 3.33. The standard InChI is InChI=1S/C48H33N3/c1-5-14-34(15-6-1)38-20-13-23-43(33-38)51(41-21-11-4-12-22-41)42-28-24-35(25-29-42)39-26-30-44-40(32-39)27-31-45-48(44)50-47(37-18-9-3-10-19-37)46(49-45)36-16-7-2-8-17-36/h1-33H/i2D,3D,7D,8D,9D,10D,16D,17D,18D,19D,26D,27D,30D,31D,32D. The summed E-state index contributed by atoms with van der Waals surface area (Å²) in [5, 5.41) is -0.503. The van der Waals surface area contributed by atoms with Gasteiger partial charge >= 0.3 is 0 Å². The predicted molar refractivity (Wildman–Crippen MR) is 213 cm³/mol. The molecular formula is C48H33N3. The van der Waals surface area contributed by atoms with Crippen molar-refractivity contribution < 1.29 is 20.6 Å². The molecule has 0 fully saturated rings. The van der Waals surface area contributed by atoms with Gasteiger partial charge in [-0.15, -0.1) is 0 Å². The fourth-order valence-corrected chi connectivity index (χ4v) is 5.98. The first-order chi connectivity index (χ1) is 31.5. The first-order valence-corrected chi connectivity index (χ1v) is 16.0. The van der Waals surface area contributed by atoms with Gasteiger partial charge in [-0.3, -0.25) is 0 Å². The van der Waals surface area contributed by atoms with E-state index in [2.05, 4.69) is 20.9 Å². The highest BCUT2D eigenvalue weighted by atomic mass is 15.1. The van der Waals surface area contributed by atoms with Crippen LogP contribution < -0.4 is 4.90 Å². The van der Waals surface area contributed by atoms with Crippen molar-refractivity contribution in [1.29, 1.82) is 0 Å². The van der Waals surface area contributed by atoms with Crippen LogP contribution in [0.1, 0.15) is 20.6 Å². The summed E-state index contributed by atoms with van der Waals surface area (Å²) < 4.78 is 132. The molecule has 0 bridgehead atoms. The molecule has 0 unspecified atom stereocenters. The van der Waals surface area contributed by atoms with Crippen LogP contribution in [0.4, 0.5) is 17.1 Å². The minimum atomic E-state index is -0.765. The molecule has 51 heavy (non-hydrogen) atoms. The number of aromatic nitrogens is 2. The van der Waals surface area contributed by atoms with E-state index in [0.717, 1.165) is 28.2 Å². The summed E-state index contributed by atoms with van der Waals surface area (Å²) in [5.41, 5.74) is 1.94. The van der Waals surface area contributed by atoms with Crippen molar-refractivity contribution in [1.82, 2.24) is 9.97 Å². The van der Waals surface area contributed by atoms with Gasteiger partial charge in [-0.2, -0.15) is 0 Å². The van der Waals surface area contributed by atoms with E-state index >= 15 is 0 Å². The number of fused-ring (bicyclic) bond motifs is 3. The molecule has 0 aliphatic rings. The van der Waals surface area contributed by atoms with Crippen LogP contribution in [0.25, 0.3) is 66.6 Å². The third kappa shape index (κ3) is 5.92. The number of anilines is 3. The molecule has 240 valence electrons. The highest BCUT2D eigenvalue weighted by Crippen LogP contribution is 2.38. The van der Waals surface area contributed by atoms with Crippen LogP contribution >= 0.6 is 0 Å². The van der Waals surface area contributed by atoms with Gasteiger partial charge in [0.2, 0.25) is 0 Å². The second kappa shape index (κ2) is 13.2. The molecule has 3 nitrogen and oxygen atoms in total. The van der Waals surface area contributed by atoms with Crippen LogP contribution in [0.15, 0.2) is 200 Å². The number of para-hydroxylation sites is 1. The molecule has 0 radical (unpaired) electrons. The summed E-state index contributed by atoms with van der Waals surface area (Å²) >= 11 is 0. The lowest BCUT2D eigenvalue weighted by molar-refractivity contribution is 1.28. The lowest BCUT2D eigenvalue weighted by atomic mass is 9.99. The molecule has 8 aromatic carbocycles. The SMILES string of the molecule is [2H]c1c([2H])c([2H])c(-c2nc3c([2H])c([2H])c4c([2H])c(-c5ccc(N(c6ccccc6)c6cccc(-c7ccccc7)c6)cc5)c([2H])c([2H])c4c3nc2-c2c([2H])c([2H])c([2H])c([2H])c2[2H])c([2H])c1[2H]. The fraction of sp³-hybridized carbons (Fsp3) is 0. The van der Waals surface area contributed by atoms with E-state index in [9.17, 15) is 6.85 Å². The van der Waals surface area contributed by atoms with E-state index in [0.29, 0.717) is 5.56 Å². The maximum absolute atomic E-state index is 9.50. The first-order valence-electron chi connectivity index (χ1n) is 23.5. The van der Waals surface area contributed by atoms with Crippen molar-refractivity contribution in [3.8, 4) is 44.8 Å². The van der Waals surface area contributed by atoms with Gasteiger partial charge in [0, 0.05) is 33.6 Å². The Morgan fingerprint density at radius 2 is 1.00 bits per heavy atom. The van der Waals surface area contributed by atoms with E-state index in [1.165, 1.54) is 0 Å². The average molecular weight is 667 g/mol. The van der Waals surface area contributed by atoms with Crippen molar-refractivity contribution in [3.05, 3.63) is 200 Å². The van der Waals surface area contributed by atoms with Crippen molar-refractivity contribution in [2.24, 2.45) is 0 Å². The monoisotopic (exact) mass is 666 g/mol. The van der Waals surface area contributed by atoms with Crippen LogP contribution in [0.5, 0.6) is 0 Å². The topological polar surface area (TPSA) is 29.0 Å². The molecule has 3 heteroatoms. The van der Waals surface area contributed by atoms with Crippen molar-refractivity contribution in [2.45, 2.75) is 0 Å². The maximum Gasteiger partial charge on any atom is 0.0973 e. The Morgan fingerprint density at radius 3 is 1.71 bits per heavy atom. The summed E-state index contributed by atoms with van der Waals surface area (Å²) in [4.78, 5) is 11.2. The first kappa shape index (κ1) is 18.2. The van der Waals surface area contributed by atoms with Gasteiger partial charge in [0.25, 0.3) is 0 Å². The lowest BCUT2D eigenvalue weighted by Crippen LogP contribution is -2.09. The Kier molecular flexibility index (Phi) is 4.73. The van der Waals surface area contributed by atoms with Crippen molar-refractivity contribution >= 4 is 38.9 Å². The Balaban J connectivity index is 1.27. The van der Waals surface area contributed by atoms with E-state index in [1.54, 1.807) is 12.1 Å². The maximum atomic E-state index is 9.50. The zero-order valence-electron chi connectivity index (χ0n) is 41.7. The van der Waals surface area contributed by atoms with Crippen molar-refractivity contribution in [2.75, 3.05) is 4.90 Å². The summed E-state index contributed by atoms with van der Waals surface area (Å²) in [6.07, 6.45) is 0. The van der Waals surface area contributed by atoms with E-state index in [1.807, 2.05) is 91.0 Å². The van der Waals surface area contributed by atoms with E-state index < -0.39 is 113 Å². The van der Waals surface area contributed by atoms with Crippen LogP contribution in [0.2, 0.25) is 0 Å². The molecule has 0 amide bonds. The molecule has 0 spiro atoms. The highest BCUT2D eigenvalue weighted by Gasteiger charge is 2.16. The molecule has 0 saturated carbocycles. The smallest absolute Gasteiger partial charge is 0.0973 e. The summed E-state index contributed by atoms with van der Waals surface area (Å²) in [6, 6.07) is 24.7. The largest absolute Gasteiger partial charge is 0.310 e. The molecule has 1 aromatic heterocycles. The van der Waals surface area contributed by atoms with Gasteiger partial charge in [-0.25, -0.2) is 9.97 Å². The molecule has 9 aromatic rings. The van der Waals surface area contributed by atoms with Gasteiger partial charge in [0.05, 0.1) is 43.0 Å². The molecule has 1 heterocycles. The number of hydrogen-bond donors (Lipinski definition) is 0. The lowest BCUT2D eigenvalue weighted by Gasteiger charge is -2.26. The number of hydrogen-bond acceptors (Lipinski definition) is 3. The normalized spacial score (nSPS) is 15.3. The second-order valence-corrected chi connectivity index (χ2v) is 11.5. The Labute approximate surface area is 318 Å². The van der Waals surface area contributed by atoms with Gasteiger partial charge in [0.15, 0.2) is 0 Å². The van der Waals surface area contributed by atoms with E-state index in [-0.39, 0.29) is 27.9 Å². The third-order valence-electron chi connectivity index (χ3n) is 8.36. The van der Waals surface area contributed by atoms with Gasteiger partial charge < -0.3 is 4.90 Å². The quantitative estimate of drug-likeness (QED) is 0.159. The zero-order valence-corrected chi connectivity index (χ0v) is 26.7. The van der Waals surface area contributed by atoms with Crippen LogP contribution in [0, 0.1) is 0 Å². The van der Waals surface area contributed by atoms with Gasteiger partial charge in [0.1, 0.15) is 0 Å². The van der Waals surface area contributed by atoms with E-state index in [4.69, 9.17) is 13.7 Å². The van der Waals surface area contributed by atoms with Gasteiger partial charge in [-0.1, -0.05) is 151 Å². The number of benzene rings is 8. The number of nitrogens with zero attached hydrogens (tertiary/aromatic N) is 3. The summed E-state index contributed by atoms with van der Waals surface area (Å²) in [6.45, 7) is 0. The fourth-order valence-electron chi connectivity index (χ4n) is 5.98. The van der Waals surface area contributed by atoms with Crippen molar-refractivity contribution in [3.63, 3.8) is 0 Å². The number of rotatable bonds is 7. The van der Waals surface area contributed by atoms with Crippen LogP contribution in [0.3, 0.4) is 0 Å². The molecule has 0 aliphatic carbocycles. The Hall–Kier alpha value is -6.84. The van der Waals surface area contributed by atoms with Crippen LogP contribution in [-0.2, 0) is 0 Å². The minimum absolute atomic E-state index is 0.0156. The molecule has 9 rings (SSSR count). The second-order valence-electron chi connectivity index (χ2n) is 11.5. The molecule has 0 N–H and O–H groups in total. The summed E-state index contributed by atoms with van der Waals surface area (Å²) in [7, 11) is 0.